The van der Waals surface area contributed by atoms with Gasteiger partial charge in [0.25, 0.3) is 5.91 Å². The summed E-state index contributed by atoms with van der Waals surface area (Å²) in [5.74, 6) is -0.0205. The summed E-state index contributed by atoms with van der Waals surface area (Å²) in [6.45, 7) is 2.91. The molecule has 0 radical (unpaired) electrons. The highest BCUT2D eigenvalue weighted by Crippen LogP contribution is 2.14. The van der Waals surface area contributed by atoms with Crippen molar-refractivity contribution in [2.45, 2.75) is 25.4 Å². The van der Waals surface area contributed by atoms with E-state index >= 15 is 0 Å². The molecule has 0 atom stereocenters. The van der Waals surface area contributed by atoms with Crippen molar-refractivity contribution in [1.29, 1.82) is 0 Å². The lowest BCUT2D eigenvalue weighted by Crippen LogP contribution is -2.44. The van der Waals surface area contributed by atoms with E-state index < -0.39 is 0 Å². The van der Waals surface area contributed by atoms with E-state index in [1.54, 1.807) is 6.21 Å². The number of nitrogens with zero attached hydrogens (tertiary/aromatic N) is 3. The summed E-state index contributed by atoms with van der Waals surface area (Å²) in [7, 11) is 1.50. The van der Waals surface area contributed by atoms with Crippen molar-refractivity contribution in [2.24, 2.45) is 5.16 Å². The first-order valence-corrected chi connectivity index (χ1v) is 8.83. The Balaban J connectivity index is 1.46. The molecule has 6 heteroatoms. The fraction of sp³-hybridized carbons (Fsp3) is 0.350. The van der Waals surface area contributed by atoms with E-state index in [2.05, 4.69) is 37.3 Å². The fourth-order valence-corrected chi connectivity index (χ4v) is 3.08. The molecule has 136 valence electrons. The zero-order chi connectivity index (χ0) is 18.2. The Morgan fingerprint density at radius 3 is 2.58 bits per heavy atom. The van der Waals surface area contributed by atoms with Crippen molar-refractivity contribution in [3.8, 4) is 0 Å². The normalized spacial score (nSPS) is 15.9. The summed E-state index contributed by atoms with van der Waals surface area (Å²) in [4.78, 5) is 23.5. The summed E-state index contributed by atoms with van der Waals surface area (Å²) in [6, 6.07) is 11.7. The van der Waals surface area contributed by atoms with Gasteiger partial charge in [0.1, 0.15) is 7.11 Å². The number of aromatic nitrogens is 1. The highest BCUT2D eigenvalue weighted by atomic mass is 16.6. The molecule has 26 heavy (non-hydrogen) atoms. The Morgan fingerprint density at radius 2 is 1.92 bits per heavy atom. The van der Waals surface area contributed by atoms with Gasteiger partial charge < -0.3 is 10.2 Å². The zero-order valence-corrected chi connectivity index (χ0v) is 15.0. The number of oxime groups is 1. The predicted molar refractivity (Wildman–Crippen MR) is 101 cm³/mol. The molecule has 1 N–H and O–H groups in total. The maximum absolute atomic E-state index is 12.4. The van der Waals surface area contributed by atoms with E-state index in [0.717, 1.165) is 38.0 Å². The zero-order valence-electron chi connectivity index (χ0n) is 15.0. The van der Waals surface area contributed by atoms with Crippen molar-refractivity contribution < 1.29 is 9.63 Å². The van der Waals surface area contributed by atoms with Crippen LogP contribution in [-0.2, 0) is 11.4 Å². The maximum Gasteiger partial charge on any atom is 0.251 e. The summed E-state index contributed by atoms with van der Waals surface area (Å²) in [5.41, 5.74) is 2.84. The van der Waals surface area contributed by atoms with Gasteiger partial charge in [0.2, 0.25) is 0 Å². The number of piperidine rings is 1. The van der Waals surface area contributed by atoms with Crippen LogP contribution in [0.4, 0.5) is 0 Å². The number of carbonyl (C=O) groups excluding carboxylic acids is 1. The molecule has 0 bridgehead atoms. The number of amides is 1. The first kappa shape index (κ1) is 18.1. The van der Waals surface area contributed by atoms with Crippen molar-refractivity contribution in [2.75, 3.05) is 20.2 Å². The molecule has 1 aliphatic rings. The van der Waals surface area contributed by atoms with Gasteiger partial charge in [0.15, 0.2) is 0 Å². The van der Waals surface area contributed by atoms with E-state index in [4.69, 9.17) is 0 Å². The lowest BCUT2D eigenvalue weighted by molar-refractivity contribution is 0.0909. The molecule has 1 aliphatic heterocycles. The van der Waals surface area contributed by atoms with Crippen molar-refractivity contribution in [3.05, 3.63) is 65.5 Å². The van der Waals surface area contributed by atoms with Crippen LogP contribution in [0.1, 0.15) is 34.3 Å². The molecule has 0 aliphatic carbocycles. The molecule has 0 unspecified atom stereocenters. The van der Waals surface area contributed by atoms with Gasteiger partial charge in [0.05, 0.1) is 6.21 Å². The second-order valence-corrected chi connectivity index (χ2v) is 6.42. The number of carbonyl (C=O) groups is 1. The molecule has 6 nitrogen and oxygen atoms in total. The van der Waals surface area contributed by atoms with E-state index in [1.165, 1.54) is 12.7 Å². The Hall–Kier alpha value is -2.73. The van der Waals surface area contributed by atoms with Gasteiger partial charge in [-0.3, -0.25) is 14.7 Å². The standard InChI is InChI=1S/C20H24N4O2/c1-26-22-14-16-2-4-18(5-3-16)20(25)23-19-8-12-24(13-9-19)15-17-6-10-21-11-7-17/h2-7,10-11,14,19H,8-9,12-13,15H2,1H3,(H,23,25)/b22-14+. The molecular formula is C20H24N4O2. The molecule has 1 amide bonds. The Bertz CT molecular complexity index is 723. The molecular weight excluding hydrogens is 328 g/mol. The Labute approximate surface area is 153 Å². The van der Waals surface area contributed by atoms with E-state index in [0.29, 0.717) is 5.56 Å². The highest BCUT2D eigenvalue weighted by Gasteiger charge is 2.21. The van der Waals surface area contributed by atoms with Gasteiger partial charge in [-0.25, -0.2) is 0 Å². The van der Waals surface area contributed by atoms with Crippen molar-refractivity contribution in [1.82, 2.24) is 15.2 Å². The van der Waals surface area contributed by atoms with Crippen LogP contribution in [-0.4, -0.2) is 48.2 Å². The number of hydrogen-bond donors (Lipinski definition) is 1. The maximum atomic E-state index is 12.4. The van der Waals surface area contributed by atoms with Crippen LogP contribution in [0.2, 0.25) is 0 Å². The van der Waals surface area contributed by atoms with Crippen LogP contribution in [0.3, 0.4) is 0 Å². The molecule has 2 heterocycles. The van der Waals surface area contributed by atoms with Crippen molar-refractivity contribution >= 4 is 12.1 Å². The van der Waals surface area contributed by atoms with Gasteiger partial charge in [0, 0.05) is 43.6 Å². The summed E-state index contributed by atoms with van der Waals surface area (Å²) in [5, 5.41) is 6.86. The van der Waals surface area contributed by atoms with E-state index in [9.17, 15) is 4.79 Å². The average molecular weight is 352 g/mol. The lowest BCUT2D eigenvalue weighted by Gasteiger charge is -2.32. The fourth-order valence-electron chi connectivity index (χ4n) is 3.08. The smallest absolute Gasteiger partial charge is 0.251 e. The third kappa shape index (κ3) is 5.13. The number of hydrogen-bond acceptors (Lipinski definition) is 5. The molecule has 1 fully saturated rings. The van der Waals surface area contributed by atoms with E-state index in [-0.39, 0.29) is 11.9 Å². The predicted octanol–water partition coefficient (Wildman–Crippen LogP) is 2.46. The molecule has 3 rings (SSSR count). The minimum absolute atomic E-state index is 0.0205. The lowest BCUT2D eigenvalue weighted by atomic mass is 10.0. The topological polar surface area (TPSA) is 66.8 Å². The SMILES string of the molecule is CO/N=C/c1ccc(C(=O)NC2CCN(Cc3ccncc3)CC2)cc1. The van der Waals surface area contributed by atoms with Crippen LogP contribution in [0, 0.1) is 0 Å². The van der Waals surface area contributed by atoms with Crippen LogP contribution in [0.5, 0.6) is 0 Å². The number of rotatable bonds is 6. The largest absolute Gasteiger partial charge is 0.399 e. The minimum Gasteiger partial charge on any atom is -0.399 e. The summed E-state index contributed by atoms with van der Waals surface area (Å²) >= 11 is 0. The molecule has 2 aromatic rings. The quantitative estimate of drug-likeness (QED) is 0.641. The molecule has 0 saturated carbocycles. The van der Waals surface area contributed by atoms with Gasteiger partial charge in [-0.15, -0.1) is 0 Å². The first-order valence-electron chi connectivity index (χ1n) is 8.83. The average Bonchev–Trinajstić information content (AvgIpc) is 2.69. The van der Waals surface area contributed by atoms with Crippen LogP contribution in [0.15, 0.2) is 53.9 Å². The minimum atomic E-state index is -0.0205. The first-order chi connectivity index (χ1) is 12.7. The van der Waals surface area contributed by atoms with Crippen LogP contribution >= 0.6 is 0 Å². The number of likely N-dealkylation sites (tertiary alicyclic amines) is 1. The molecule has 1 saturated heterocycles. The Morgan fingerprint density at radius 1 is 1.23 bits per heavy atom. The third-order valence-electron chi connectivity index (χ3n) is 4.56. The Kier molecular flexibility index (Phi) is 6.33. The second-order valence-electron chi connectivity index (χ2n) is 6.42. The van der Waals surface area contributed by atoms with Crippen LogP contribution in [0.25, 0.3) is 0 Å². The molecule has 1 aromatic heterocycles. The number of pyridine rings is 1. The summed E-state index contributed by atoms with van der Waals surface area (Å²) in [6.07, 6.45) is 7.20. The molecule has 1 aromatic carbocycles. The summed E-state index contributed by atoms with van der Waals surface area (Å²) < 4.78 is 0. The van der Waals surface area contributed by atoms with Crippen molar-refractivity contribution in [3.63, 3.8) is 0 Å². The van der Waals surface area contributed by atoms with Gasteiger partial charge in [-0.2, -0.15) is 0 Å². The van der Waals surface area contributed by atoms with Gasteiger partial charge in [-0.05, 0) is 48.2 Å². The molecule has 0 spiro atoms. The third-order valence-corrected chi connectivity index (χ3v) is 4.56. The number of benzene rings is 1. The second kappa shape index (κ2) is 9.10. The van der Waals surface area contributed by atoms with Gasteiger partial charge in [-0.1, -0.05) is 17.3 Å². The van der Waals surface area contributed by atoms with Gasteiger partial charge >= 0.3 is 0 Å². The number of nitrogens with one attached hydrogen (secondary N) is 1. The monoisotopic (exact) mass is 352 g/mol. The highest BCUT2D eigenvalue weighted by molar-refractivity contribution is 5.95. The van der Waals surface area contributed by atoms with Crippen LogP contribution < -0.4 is 5.32 Å². The van der Waals surface area contributed by atoms with E-state index in [1.807, 2.05) is 36.7 Å².